The van der Waals surface area contributed by atoms with Crippen molar-refractivity contribution in [1.29, 1.82) is 0 Å². The van der Waals surface area contributed by atoms with Gasteiger partial charge < -0.3 is 33.3 Å². The normalized spacial score (nSPS) is 13.0. The molecule has 0 bridgehead atoms. The quantitative estimate of drug-likeness (QED) is 0.0204. The van der Waals surface area contributed by atoms with E-state index in [9.17, 15) is 19.5 Å². The third-order valence-electron chi connectivity index (χ3n) is 9.01. The Balaban J connectivity index is 4.47. The fourth-order valence-electron chi connectivity index (χ4n) is 5.71. The van der Waals surface area contributed by atoms with Crippen molar-refractivity contribution in [2.24, 2.45) is 0 Å². The van der Waals surface area contributed by atoms with Gasteiger partial charge in [0.2, 0.25) is 0 Å². The van der Waals surface area contributed by atoms with E-state index >= 15 is 0 Å². The minimum absolute atomic E-state index is 0.149. The van der Waals surface area contributed by atoms with Gasteiger partial charge >= 0.3 is 11.9 Å². The monoisotopic (exact) mass is 726 g/mol. The van der Waals surface area contributed by atoms with Crippen molar-refractivity contribution in [2.45, 2.75) is 193 Å². The zero-order chi connectivity index (χ0) is 37.8. The van der Waals surface area contributed by atoms with Crippen LogP contribution in [-0.2, 0) is 33.3 Å². The van der Waals surface area contributed by atoms with E-state index in [0.29, 0.717) is 23.9 Å². The van der Waals surface area contributed by atoms with Crippen LogP contribution in [0.2, 0.25) is 0 Å². The van der Waals surface area contributed by atoms with E-state index in [1.165, 1.54) is 96.3 Å². The van der Waals surface area contributed by atoms with Crippen LogP contribution >= 0.6 is 0 Å². The fraction of sp³-hybridized carbons (Fsp3) is 0.881. The topological polar surface area (TPSA) is 111 Å². The minimum Gasteiger partial charge on any atom is -0.545 e. The Bertz CT molecular complexity index is 856. The molecule has 0 saturated heterocycles. The first kappa shape index (κ1) is 49.0. The van der Waals surface area contributed by atoms with Crippen molar-refractivity contribution in [3.8, 4) is 0 Å². The maximum Gasteiger partial charge on any atom is 0.306 e. The summed E-state index contributed by atoms with van der Waals surface area (Å²) in [6.07, 6.45) is 31.0. The van der Waals surface area contributed by atoms with Gasteiger partial charge in [-0.1, -0.05) is 142 Å². The number of ether oxygens (including phenoxy) is 4. The van der Waals surface area contributed by atoms with E-state index in [0.717, 1.165) is 51.4 Å². The van der Waals surface area contributed by atoms with Gasteiger partial charge in [0.15, 0.2) is 12.4 Å². The molecule has 0 aliphatic carbocycles. The van der Waals surface area contributed by atoms with Crippen LogP contribution in [0.4, 0.5) is 0 Å². The van der Waals surface area contributed by atoms with E-state index in [1.54, 1.807) is 0 Å². The second-order valence-corrected chi connectivity index (χ2v) is 15.3. The molecule has 0 rings (SSSR count). The summed E-state index contributed by atoms with van der Waals surface area (Å²) in [5.74, 6) is -2.29. The fourth-order valence-corrected chi connectivity index (χ4v) is 5.71. The Morgan fingerprint density at radius 2 is 1.00 bits per heavy atom. The molecular formula is C42H79NO8. The molecule has 0 radical (unpaired) electrons. The number of hydrogen-bond donors (Lipinski definition) is 0. The van der Waals surface area contributed by atoms with Crippen LogP contribution in [0, 0.1) is 0 Å². The molecule has 0 fully saturated rings. The maximum absolute atomic E-state index is 12.7. The second kappa shape index (κ2) is 35.1. The lowest BCUT2D eigenvalue weighted by Gasteiger charge is -2.26. The van der Waals surface area contributed by atoms with Crippen molar-refractivity contribution >= 4 is 17.9 Å². The van der Waals surface area contributed by atoms with Crippen LogP contribution < -0.4 is 5.11 Å². The molecule has 0 aromatic carbocycles. The van der Waals surface area contributed by atoms with Gasteiger partial charge in [0, 0.05) is 12.8 Å². The number of quaternary nitrogens is 1. The van der Waals surface area contributed by atoms with Crippen molar-refractivity contribution in [1.82, 2.24) is 0 Å². The average Bonchev–Trinajstić information content (AvgIpc) is 3.08. The molecule has 0 saturated carbocycles. The number of allylic oxidation sites excluding steroid dienone is 2. The molecule has 0 amide bonds. The highest BCUT2D eigenvalue weighted by Crippen LogP contribution is 2.14. The standard InChI is InChI=1S/C42H79NO8/c1-6-8-10-12-14-16-18-19-20-21-22-23-25-27-29-31-33-40(45)51-38(37-50-42(41(46)47)48-35-34-43(3,4)5)36-49-39(44)32-30-28-26-24-17-15-13-11-9-7-2/h20-21,38,42H,6-19,22-37H2,1-5H3/b21-20-. The first-order valence-electron chi connectivity index (χ1n) is 20.8. The maximum atomic E-state index is 12.7. The summed E-state index contributed by atoms with van der Waals surface area (Å²) in [5, 5.41) is 11.6. The third kappa shape index (κ3) is 36.2. The van der Waals surface area contributed by atoms with Crippen LogP contribution in [-0.4, -0.2) is 82.3 Å². The molecule has 0 aliphatic heterocycles. The molecule has 9 nitrogen and oxygen atoms in total. The van der Waals surface area contributed by atoms with Gasteiger partial charge in [0.25, 0.3) is 0 Å². The van der Waals surface area contributed by atoms with Crippen molar-refractivity contribution in [2.75, 3.05) is 47.5 Å². The third-order valence-corrected chi connectivity index (χ3v) is 9.01. The average molecular weight is 726 g/mol. The van der Waals surface area contributed by atoms with Gasteiger partial charge in [-0.25, -0.2) is 0 Å². The molecule has 0 aliphatic rings. The predicted octanol–water partition coefficient (Wildman–Crippen LogP) is 9.00. The largest absolute Gasteiger partial charge is 0.545 e. The Hall–Kier alpha value is -1.97. The van der Waals surface area contributed by atoms with E-state index in [1.807, 2.05) is 21.1 Å². The summed E-state index contributed by atoms with van der Waals surface area (Å²) in [6.45, 7) is 4.71. The number of esters is 2. The van der Waals surface area contributed by atoms with Gasteiger partial charge in [-0.15, -0.1) is 0 Å². The van der Waals surface area contributed by atoms with E-state index in [-0.39, 0.29) is 32.2 Å². The Morgan fingerprint density at radius 3 is 1.45 bits per heavy atom. The number of unbranched alkanes of at least 4 members (excludes halogenated alkanes) is 21. The van der Waals surface area contributed by atoms with Crippen molar-refractivity contribution in [3.63, 3.8) is 0 Å². The van der Waals surface area contributed by atoms with Gasteiger partial charge in [0.1, 0.15) is 13.2 Å². The summed E-state index contributed by atoms with van der Waals surface area (Å²) in [7, 11) is 5.90. The van der Waals surface area contributed by atoms with E-state index in [4.69, 9.17) is 18.9 Å². The summed E-state index contributed by atoms with van der Waals surface area (Å²) < 4.78 is 22.5. The molecule has 0 N–H and O–H groups in total. The molecule has 9 heteroatoms. The highest BCUT2D eigenvalue weighted by Gasteiger charge is 2.21. The van der Waals surface area contributed by atoms with Crippen LogP contribution in [0.25, 0.3) is 0 Å². The number of rotatable bonds is 38. The first-order valence-corrected chi connectivity index (χ1v) is 20.8. The molecule has 2 unspecified atom stereocenters. The van der Waals surface area contributed by atoms with Gasteiger partial charge in [-0.05, 0) is 38.5 Å². The number of carbonyl (C=O) groups excluding carboxylic acids is 3. The van der Waals surface area contributed by atoms with Crippen molar-refractivity contribution in [3.05, 3.63) is 12.2 Å². The van der Waals surface area contributed by atoms with Crippen LogP contribution in [0.1, 0.15) is 181 Å². The Kier molecular flexibility index (Phi) is 33.7. The smallest absolute Gasteiger partial charge is 0.306 e. The molecule has 51 heavy (non-hydrogen) atoms. The molecule has 0 aromatic rings. The molecule has 300 valence electrons. The van der Waals surface area contributed by atoms with Crippen LogP contribution in [0.3, 0.4) is 0 Å². The predicted molar refractivity (Wildman–Crippen MR) is 205 cm³/mol. The number of hydrogen-bond acceptors (Lipinski definition) is 8. The lowest BCUT2D eigenvalue weighted by atomic mass is 10.1. The first-order chi connectivity index (χ1) is 24.6. The molecule has 0 aromatic heterocycles. The minimum atomic E-state index is -1.62. The van der Waals surface area contributed by atoms with E-state index in [2.05, 4.69) is 26.0 Å². The lowest BCUT2D eigenvalue weighted by Crippen LogP contribution is -2.44. The number of nitrogens with zero attached hydrogens (tertiary/aromatic N) is 1. The zero-order valence-electron chi connectivity index (χ0n) is 33.7. The number of likely N-dealkylation sites (N-methyl/N-ethyl adjacent to an activating group) is 1. The van der Waals surface area contributed by atoms with Crippen molar-refractivity contribution < 1.29 is 42.9 Å². The lowest BCUT2D eigenvalue weighted by molar-refractivity contribution is -0.870. The van der Waals surface area contributed by atoms with E-state index < -0.39 is 24.3 Å². The molecule has 0 heterocycles. The zero-order valence-corrected chi connectivity index (χ0v) is 33.7. The summed E-state index contributed by atoms with van der Waals surface area (Å²) in [5.41, 5.74) is 0. The summed E-state index contributed by atoms with van der Waals surface area (Å²) in [6, 6.07) is 0. The Labute approximate surface area is 313 Å². The Morgan fingerprint density at radius 1 is 0.569 bits per heavy atom. The summed E-state index contributed by atoms with van der Waals surface area (Å²) >= 11 is 0. The van der Waals surface area contributed by atoms with Crippen LogP contribution in [0.5, 0.6) is 0 Å². The van der Waals surface area contributed by atoms with Gasteiger partial charge in [0.05, 0.1) is 40.3 Å². The number of carbonyl (C=O) groups is 3. The highest BCUT2D eigenvalue weighted by molar-refractivity contribution is 5.70. The number of carboxylic acids is 1. The molecule has 2 atom stereocenters. The highest BCUT2D eigenvalue weighted by atomic mass is 16.7. The molecule has 0 spiro atoms. The SMILES string of the molecule is CCCCCCCCC/C=C\CCCCCCCC(=O)OC(COC(=O)CCCCCCCCCCCC)COC(OCC[N+](C)(C)C)C(=O)[O-]. The number of aliphatic carboxylic acids is 1. The molecular weight excluding hydrogens is 646 g/mol. The van der Waals surface area contributed by atoms with Gasteiger partial charge in [-0.3, -0.25) is 9.59 Å². The summed E-state index contributed by atoms with van der Waals surface area (Å²) in [4.78, 5) is 36.8. The van der Waals surface area contributed by atoms with Gasteiger partial charge in [-0.2, -0.15) is 0 Å². The second-order valence-electron chi connectivity index (χ2n) is 15.3. The number of carboxylic acid groups (broad SMARTS) is 1. The van der Waals surface area contributed by atoms with Crippen LogP contribution in [0.15, 0.2) is 12.2 Å².